The Balaban J connectivity index is 2.62. The van der Waals surface area contributed by atoms with Crippen LogP contribution in [-0.2, 0) is 4.74 Å². The Labute approximate surface area is 82.0 Å². The Morgan fingerprint density at radius 2 is 2.00 bits per heavy atom. The second-order valence-corrected chi connectivity index (χ2v) is 4.93. The van der Waals surface area contributed by atoms with E-state index in [9.17, 15) is 0 Å². The molecule has 13 heavy (non-hydrogen) atoms. The molecule has 2 heteroatoms. The van der Waals surface area contributed by atoms with Crippen molar-refractivity contribution in [1.29, 1.82) is 0 Å². The highest BCUT2D eigenvalue weighted by atomic mass is 16.5. The van der Waals surface area contributed by atoms with Crippen molar-refractivity contribution in [2.75, 3.05) is 13.2 Å². The van der Waals surface area contributed by atoms with Gasteiger partial charge < -0.3 is 10.1 Å². The molecule has 3 atom stereocenters. The van der Waals surface area contributed by atoms with E-state index in [1.807, 2.05) is 0 Å². The summed E-state index contributed by atoms with van der Waals surface area (Å²) in [7, 11) is 0. The average Bonchev–Trinajstić information content (AvgIpc) is 2.20. The molecule has 1 saturated heterocycles. The predicted octanol–water partition coefficient (Wildman–Crippen LogP) is 2.05. The number of rotatable bonds is 1. The van der Waals surface area contributed by atoms with Gasteiger partial charge in [0.15, 0.2) is 0 Å². The van der Waals surface area contributed by atoms with Gasteiger partial charge in [-0.3, -0.25) is 0 Å². The van der Waals surface area contributed by atoms with E-state index in [0.717, 1.165) is 13.2 Å². The molecule has 1 N–H and O–H groups in total. The van der Waals surface area contributed by atoms with Crippen molar-refractivity contribution in [1.82, 2.24) is 5.32 Å². The molecule has 0 radical (unpaired) electrons. The molecule has 1 aliphatic rings. The second kappa shape index (κ2) is 3.97. The number of hydrogen-bond acceptors (Lipinski definition) is 2. The zero-order chi connectivity index (χ0) is 10.1. The standard InChI is InChI=1S/C11H23NO/c1-8(2)11(5)7-12-10(4)9(3)6-13-11/h8-10,12H,6-7H2,1-5H3. The van der Waals surface area contributed by atoms with Crippen molar-refractivity contribution in [2.45, 2.75) is 46.3 Å². The maximum Gasteiger partial charge on any atom is 0.0801 e. The Kier molecular flexibility index (Phi) is 3.36. The van der Waals surface area contributed by atoms with Crippen molar-refractivity contribution in [2.24, 2.45) is 11.8 Å². The van der Waals surface area contributed by atoms with E-state index in [1.165, 1.54) is 0 Å². The van der Waals surface area contributed by atoms with E-state index in [1.54, 1.807) is 0 Å². The Bertz CT molecular complexity index is 155. The third-order valence-corrected chi connectivity index (χ3v) is 3.53. The van der Waals surface area contributed by atoms with Gasteiger partial charge in [-0.1, -0.05) is 20.8 Å². The molecule has 3 unspecified atom stereocenters. The summed E-state index contributed by atoms with van der Waals surface area (Å²) >= 11 is 0. The number of nitrogens with one attached hydrogen (secondary N) is 1. The Morgan fingerprint density at radius 1 is 1.38 bits per heavy atom. The van der Waals surface area contributed by atoms with Gasteiger partial charge in [0.1, 0.15) is 0 Å². The molecule has 78 valence electrons. The summed E-state index contributed by atoms with van der Waals surface area (Å²) in [5, 5.41) is 3.54. The van der Waals surface area contributed by atoms with Crippen molar-refractivity contribution < 1.29 is 4.74 Å². The third-order valence-electron chi connectivity index (χ3n) is 3.53. The van der Waals surface area contributed by atoms with Gasteiger partial charge in [-0.2, -0.15) is 0 Å². The summed E-state index contributed by atoms with van der Waals surface area (Å²) in [6, 6.07) is 0.570. The number of ether oxygens (including phenoxy) is 1. The highest BCUT2D eigenvalue weighted by Gasteiger charge is 2.33. The third kappa shape index (κ3) is 2.44. The first-order valence-corrected chi connectivity index (χ1v) is 5.33. The lowest BCUT2D eigenvalue weighted by Crippen LogP contribution is -2.44. The van der Waals surface area contributed by atoms with Crippen LogP contribution in [0.5, 0.6) is 0 Å². The molecule has 0 aromatic rings. The maximum atomic E-state index is 5.97. The van der Waals surface area contributed by atoms with Crippen LogP contribution in [0.1, 0.15) is 34.6 Å². The lowest BCUT2D eigenvalue weighted by Gasteiger charge is -2.32. The van der Waals surface area contributed by atoms with Gasteiger partial charge in [-0.05, 0) is 25.7 Å². The molecule has 0 aliphatic carbocycles. The van der Waals surface area contributed by atoms with Crippen LogP contribution >= 0.6 is 0 Å². The molecule has 1 heterocycles. The predicted molar refractivity (Wildman–Crippen MR) is 55.8 cm³/mol. The van der Waals surface area contributed by atoms with Crippen LogP contribution in [0.3, 0.4) is 0 Å². The van der Waals surface area contributed by atoms with Gasteiger partial charge in [0.2, 0.25) is 0 Å². The topological polar surface area (TPSA) is 21.3 Å². The van der Waals surface area contributed by atoms with Crippen LogP contribution < -0.4 is 5.32 Å². The quantitative estimate of drug-likeness (QED) is 0.675. The van der Waals surface area contributed by atoms with E-state index < -0.39 is 0 Å². The Morgan fingerprint density at radius 3 is 2.54 bits per heavy atom. The van der Waals surface area contributed by atoms with Gasteiger partial charge >= 0.3 is 0 Å². The van der Waals surface area contributed by atoms with Gasteiger partial charge in [0.05, 0.1) is 12.2 Å². The number of hydrogen-bond donors (Lipinski definition) is 1. The van der Waals surface area contributed by atoms with Crippen LogP contribution in [-0.4, -0.2) is 24.8 Å². The van der Waals surface area contributed by atoms with E-state index in [-0.39, 0.29) is 5.60 Å². The van der Waals surface area contributed by atoms with Crippen LogP contribution in [0.15, 0.2) is 0 Å². The van der Waals surface area contributed by atoms with Crippen LogP contribution in [0.2, 0.25) is 0 Å². The minimum Gasteiger partial charge on any atom is -0.373 e. The molecular weight excluding hydrogens is 162 g/mol. The van der Waals surface area contributed by atoms with E-state index in [2.05, 4.69) is 39.9 Å². The van der Waals surface area contributed by atoms with Gasteiger partial charge in [0.25, 0.3) is 0 Å². The first-order valence-electron chi connectivity index (χ1n) is 5.33. The highest BCUT2D eigenvalue weighted by Crippen LogP contribution is 2.24. The molecule has 1 rings (SSSR count). The fraction of sp³-hybridized carbons (Fsp3) is 1.00. The van der Waals surface area contributed by atoms with Crippen LogP contribution in [0.4, 0.5) is 0 Å². The average molecular weight is 185 g/mol. The minimum atomic E-state index is 0.0129. The fourth-order valence-electron chi connectivity index (χ4n) is 1.45. The fourth-order valence-corrected chi connectivity index (χ4v) is 1.45. The van der Waals surface area contributed by atoms with Crippen molar-refractivity contribution >= 4 is 0 Å². The lowest BCUT2D eigenvalue weighted by molar-refractivity contribution is -0.0606. The summed E-state index contributed by atoms with van der Waals surface area (Å²) in [4.78, 5) is 0. The second-order valence-electron chi connectivity index (χ2n) is 4.93. The first-order chi connectivity index (χ1) is 5.96. The van der Waals surface area contributed by atoms with Gasteiger partial charge in [-0.25, -0.2) is 0 Å². The molecule has 1 aliphatic heterocycles. The molecule has 0 amide bonds. The van der Waals surface area contributed by atoms with E-state index in [4.69, 9.17) is 4.74 Å². The zero-order valence-electron chi connectivity index (χ0n) is 9.55. The molecule has 2 nitrogen and oxygen atoms in total. The molecule has 1 fully saturated rings. The van der Waals surface area contributed by atoms with Gasteiger partial charge in [0, 0.05) is 12.6 Å². The molecule has 0 aromatic heterocycles. The smallest absolute Gasteiger partial charge is 0.0801 e. The molecule has 0 saturated carbocycles. The lowest BCUT2D eigenvalue weighted by atomic mass is 9.92. The molecular formula is C11H23NO. The van der Waals surface area contributed by atoms with Crippen molar-refractivity contribution in [3.8, 4) is 0 Å². The first kappa shape index (κ1) is 11.0. The van der Waals surface area contributed by atoms with Gasteiger partial charge in [-0.15, -0.1) is 0 Å². The SMILES string of the molecule is CC1COC(C)(C(C)C)CNC1C. The summed E-state index contributed by atoms with van der Waals surface area (Å²) in [6.07, 6.45) is 0. The summed E-state index contributed by atoms with van der Waals surface area (Å²) in [5.41, 5.74) is 0.0129. The zero-order valence-corrected chi connectivity index (χ0v) is 9.55. The monoisotopic (exact) mass is 185 g/mol. The van der Waals surface area contributed by atoms with Crippen LogP contribution in [0, 0.1) is 11.8 Å². The van der Waals surface area contributed by atoms with E-state index in [0.29, 0.717) is 17.9 Å². The summed E-state index contributed by atoms with van der Waals surface area (Å²) < 4.78 is 5.97. The van der Waals surface area contributed by atoms with Crippen molar-refractivity contribution in [3.63, 3.8) is 0 Å². The largest absolute Gasteiger partial charge is 0.373 e. The van der Waals surface area contributed by atoms with Crippen LogP contribution in [0.25, 0.3) is 0 Å². The normalized spacial score (nSPS) is 42.0. The highest BCUT2D eigenvalue weighted by molar-refractivity contribution is 4.87. The van der Waals surface area contributed by atoms with E-state index >= 15 is 0 Å². The molecule has 0 bridgehead atoms. The maximum absolute atomic E-state index is 5.97. The van der Waals surface area contributed by atoms with Crippen molar-refractivity contribution in [3.05, 3.63) is 0 Å². The molecule has 0 aromatic carbocycles. The minimum absolute atomic E-state index is 0.0129. The molecule has 0 spiro atoms. The summed E-state index contributed by atoms with van der Waals surface area (Å²) in [6.45, 7) is 13.0. The summed E-state index contributed by atoms with van der Waals surface area (Å²) in [5.74, 6) is 1.18. The Hall–Kier alpha value is -0.0800.